The van der Waals surface area contributed by atoms with E-state index in [0.717, 1.165) is 16.0 Å². The Balaban J connectivity index is 1.87. The summed E-state index contributed by atoms with van der Waals surface area (Å²) in [5.74, 6) is -1.58. The van der Waals surface area contributed by atoms with Gasteiger partial charge >= 0.3 is 6.03 Å². The third kappa shape index (κ3) is 3.81. The molecule has 3 rings (SSSR count). The van der Waals surface area contributed by atoms with Gasteiger partial charge in [-0.1, -0.05) is 29.3 Å². The fourth-order valence-electron chi connectivity index (χ4n) is 2.34. The Hall–Kier alpha value is -2.84. The summed E-state index contributed by atoms with van der Waals surface area (Å²) in [7, 11) is 1.30. The van der Waals surface area contributed by atoms with Gasteiger partial charge in [-0.05, 0) is 24.3 Å². The van der Waals surface area contributed by atoms with Crippen molar-refractivity contribution in [3.8, 4) is 11.5 Å². The summed E-state index contributed by atoms with van der Waals surface area (Å²) in [6.07, 6.45) is 0. The Kier molecular flexibility index (Phi) is 5.20. The van der Waals surface area contributed by atoms with Crippen molar-refractivity contribution in [3.63, 3.8) is 0 Å². The van der Waals surface area contributed by atoms with Crippen molar-refractivity contribution < 1.29 is 23.5 Å². The highest BCUT2D eigenvalue weighted by molar-refractivity contribution is 6.34. The van der Waals surface area contributed by atoms with Gasteiger partial charge in [-0.2, -0.15) is 0 Å². The second-order valence-corrected chi connectivity index (χ2v) is 6.37. The Morgan fingerprint density at radius 3 is 2.56 bits per heavy atom. The van der Waals surface area contributed by atoms with Gasteiger partial charge in [0, 0.05) is 13.1 Å². The summed E-state index contributed by atoms with van der Waals surface area (Å²) < 4.78 is 18.9. The number of nitrogens with zero attached hydrogens (tertiary/aromatic N) is 2. The molecule has 1 aliphatic heterocycles. The summed E-state index contributed by atoms with van der Waals surface area (Å²) in [6, 6.07) is 7.52. The van der Waals surface area contributed by atoms with Crippen LogP contribution in [0.4, 0.5) is 9.18 Å². The molecule has 1 N–H and O–H groups in total. The van der Waals surface area contributed by atoms with Crippen molar-refractivity contribution in [1.82, 2.24) is 15.3 Å². The average molecular weight is 412 g/mol. The number of benzene rings is 2. The van der Waals surface area contributed by atoms with Crippen molar-refractivity contribution in [1.29, 1.82) is 0 Å². The van der Waals surface area contributed by atoms with E-state index in [4.69, 9.17) is 27.9 Å². The molecule has 0 spiro atoms. The van der Waals surface area contributed by atoms with Crippen LogP contribution < -0.4 is 10.2 Å². The molecule has 10 heteroatoms. The zero-order chi connectivity index (χ0) is 19.7. The molecule has 0 bridgehead atoms. The summed E-state index contributed by atoms with van der Waals surface area (Å²) >= 11 is 11.8. The second kappa shape index (κ2) is 7.42. The lowest BCUT2D eigenvalue weighted by Crippen LogP contribution is -2.44. The maximum absolute atomic E-state index is 13.3. The van der Waals surface area contributed by atoms with Crippen LogP contribution in [0, 0.1) is 5.82 Å². The maximum atomic E-state index is 13.3. The molecule has 0 radical (unpaired) electrons. The Morgan fingerprint density at radius 1 is 1.19 bits per heavy atom. The zero-order valence-electron chi connectivity index (χ0n) is 13.8. The molecule has 1 aliphatic rings. The van der Waals surface area contributed by atoms with E-state index in [1.165, 1.54) is 31.3 Å². The number of hydrazine groups is 1. The molecule has 0 aromatic heterocycles. The predicted octanol–water partition coefficient (Wildman–Crippen LogP) is 3.46. The number of halogens is 3. The normalized spacial score (nSPS) is 13.9. The Bertz CT molecular complexity index is 954. The maximum Gasteiger partial charge on any atom is 0.345 e. The van der Waals surface area contributed by atoms with Gasteiger partial charge in [0.05, 0.1) is 10.0 Å². The minimum absolute atomic E-state index is 0.0598. The smallest absolute Gasteiger partial charge is 0.345 e. The van der Waals surface area contributed by atoms with Gasteiger partial charge in [-0.15, -0.1) is 0 Å². The van der Waals surface area contributed by atoms with Crippen LogP contribution in [0.25, 0.3) is 0 Å². The van der Waals surface area contributed by atoms with E-state index in [0.29, 0.717) is 0 Å². The minimum Gasteiger partial charge on any atom is -0.456 e. The summed E-state index contributed by atoms with van der Waals surface area (Å²) in [5, 5.41) is 0.779. The van der Waals surface area contributed by atoms with E-state index in [1.54, 1.807) is 6.07 Å². The van der Waals surface area contributed by atoms with Crippen LogP contribution in [0.15, 0.2) is 36.4 Å². The number of nitrogens with one attached hydrogen (secondary N) is 1. The lowest BCUT2D eigenvalue weighted by atomic mass is 10.2. The van der Waals surface area contributed by atoms with Crippen molar-refractivity contribution in [2.45, 2.75) is 0 Å². The molecule has 2 aromatic rings. The topological polar surface area (TPSA) is 79.0 Å². The number of carbonyl (C=O) groups excluding carboxylic acids is 3. The first-order valence-electron chi connectivity index (χ1n) is 7.58. The van der Waals surface area contributed by atoms with Gasteiger partial charge in [-0.3, -0.25) is 19.9 Å². The average Bonchev–Trinajstić information content (AvgIpc) is 2.85. The van der Waals surface area contributed by atoms with Crippen molar-refractivity contribution >= 4 is 41.0 Å². The van der Waals surface area contributed by atoms with Gasteiger partial charge in [0.25, 0.3) is 11.8 Å². The largest absolute Gasteiger partial charge is 0.456 e. The molecule has 2 aromatic carbocycles. The molecule has 1 heterocycles. The monoisotopic (exact) mass is 411 g/mol. The summed E-state index contributed by atoms with van der Waals surface area (Å²) in [6.45, 7) is -0.296. The van der Waals surface area contributed by atoms with Crippen LogP contribution in [0.3, 0.4) is 0 Å². The second-order valence-electron chi connectivity index (χ2n) is 5.55. The van der Waals surface area contributed by atoms with E-state index in [1.807, 2.05) is 0 Å². The number of likely N-dealkylation sites (N-methyl/N-ethyl adjacent to an activating group) is 1. The number of hydrogen-bond donors (Lipinski definition) is 1. The number of urea groups is 1. The third-order valence-corrected chi connectivity index (χ3v) is 4.35. The highest BCUT2D eigenvalue weighted by atomic mass is 35.5. The molecular weight excluding hydrogens is 400 g/mol. The molecule has 1 fully saturated rings. The zero-order valence-corrected chi connectivity index (χ0v) is 15.3. The number of hydrogen-bond acceptors (Lipinski definition) is 4. The van der Waals surface area contributed by atoms with Crippen molar-refractivity contribution in [3.05, 3.63) is 57.8 Å². The van der Waals surface area contributed by atoms with Gasteiger partial charge < -0.3 is 4.74 Å². The molecule has 0 aliphatic carbocycles. The quantitative estimate of drug-likeness (QED) is 0.781. The number of amides is 4. The summed E-state index contributed by atoms with van der Waals surface area (Å²) in [4.78, 5) is 37.0. The molecular formula is C17H12Cl2FN3O4. The lowest BCUT2D eigenvalue weighted by Gasteiger charge is -2.18. The Labute approximate surface area is 163 Å². The van der Waals surface area contributed by atoms with Crippen LogP contribution in [-0.2, 0) is 4.79 Å². The first-order chi connectivity index (χ1) is 12.8. The standard InChI is InChI=1S/C17H12Cl2FN3O4/c1-22-14(24)8-23(17(22)26)21-16(25)15-10(18)3-2-4-13(15)27-9-5-6-12(20)11(19)7-9/h2-7H,8H2,1H3,(H,21,25). The van der Waals surface area contributed by atoms with E-state index in [9.17, 15) is 18.8 Å². The van der Waals surface area contributed by atoms with Gasteiger partial charge in [0.1, 0.15) is 29.4 Å². The summed E-state index contributed by atoms with van der Waals surface area (Å²) in [5.41, 5.74) is 2.26. The van der Waals surface area contributed by atoms with Gasteiger partial charge in [0.2, 0.25) is 0 Å². The highest BCUT2D eigenvalue weighted by Crippen LogP contribution is 2.32. The molecule has 0 saturated carbocycles. The van der Waals surface area contributed by atoms with Gasteiger partial charge in [-0.25, -0.2) is 14.2 Å². The highest BCUT2D eigenvalue weighted by Gasteiger charge is 2.35. The van der Waals surface area contributed by atoms with Crippen LogP contribution in [0.1, 0.15) is 10.4 Å². The first-order valence-corrected chi connectivity index (χ1v) is 8.34. The molecule has 0 unspecified atom stereocenters. The molecule has 27 heavy (non-hydrogen) atoms. The molecule has 0 atom stereocenters. The van der Waals surface area contributed by atoms with E-state index < -0.39 is 23.7 Å². The lowest BCUT2D eigenvalue weighted by molar-refractivity contribution is -0.124. The minimum atomic E-state index is -0.750. The van der Waals surface area contributed by atoms with E-state index in [-0.39, 0.29) is 33.7 Å². The molecule has 4 amide bonds. The van der Waals surface area contributed by atoms with Gasteiger partial charge in [0.15, 0.2) is 0 Å². The van der Waals surface area contributed by atoms with Crippen LogP contribution >= 0.6 is 23.2 Å². The molecule has 1 saturated heterocycles. The van der Waals surface area contributed by atoms with Crippen LogP contribution in [0.2, 0.25) is 10.0 Å². The third-order valence-electron chi connectivity index (χ3n) is 3.74. The molecule has 7 nitrogen and oxygen atoms in total. The fourth-order valence-corrected chi connectivity index (χ4v) is 2.76. The number of imide groups is 1. The number of carbonyl (C=O) groups is 3. The first kappa shape index (κ1) is 18.9. The fraction of sp³-hybridized carbons (Fsp3) is 0.118. The van der Waals surface area contributed by atoms with Crippen LogP contribution in [0.5, 0.6) is 11.5 Å². The van der Waals surface area contributed by atoms with E-state index >= 15 is 0 Å². The Morgan fingerprint density at radius 2 is 1.93 bits per heavy atom. The molecule has 140 valence electrons. The van der Waals surface area contributed by atoms with Crippen molar-refractivity contribution in [2.75, 3.05) is 13.6 Å². The number of ether oxygens (including phenoxy) is 1. The SMILES string of the molecule is CN1C(=O)CN(NC(=O)c2c(Cl)cccc2Oc2ccc(F)c(Cl)c2)C1=O. The van der Waals surface area contributed by atoms with Crippen LogP contribution in [-0.4, -0.2) is 41.3 Å². The predicted molar refractivity (Wildman–Crippen MR) is 95.3 cm³/mol. The van der Waals surface area contributed by atoms with Crippen molar-refractivity contribution in [2.24, 2.45) is 0 Å². The number of rotatable bonds is 4. The van der Waals surface area contributed by atoms with E-state index in [2.05, 4.69) is 5.43 Å².